The van der Waals surface area contributed by atoms with Crippen LogP contribution in [0.4, 0.5) is 0 Å². The molecule has 146 valence electrons. The number of ether oxygens (including phenoxy) is 1. The summed E-state index contributed by atoms with van der Waals surface area (Å²) in [6.07, 6.45) is 2.56. The summed E-state index contributed by atoms with van der Waals surface area (Å²) in [6, 6.07) is 8.87. The molecule has 2 aromatic rings. The van der Waals surface area contributed by atoms with Crippen LogP contribution in [0.25, 0.3) is 0 Å². The normalized spacial score (nSPS) is 13.4. The van der Waals surface area contributed by atoms with Gasteiger partial charge in [0.15, 0.2) is 0 Å². The molecule has 0 bridgehead atoms. The van der Waals surface area contributed by atoms with Gasteiger partial charge in [0.25, 0.3) is 0 Å². The zero-order valence-electron chi connectivity index (χ0n) is 15.5. The Bertz CT molecular complexity index is 465. The van der Waals surface area contributed by atoms with Crippen molar-refractivity contribution in [3.63, 3.8) is 0 Å². The summed E-state index contributed by atoms with van der Waals surface area (Å²) < 4.78 is 8.44. The van der Waals surface area contributed by atoms with Crippen LogP contribution in [0.3, 0.4) is 0 Å². The maximum atomic E-state index is 4.94. The van der Waals surface area contributed by atoms with Crippen molar-refractivity contribution < 1.29 is 4.74 Å². The largest absolute Gasteiger partial charge is 0.152 e. The summed E-state index contributed by atoms with van der Waals surface area (Å²) in [5.41, 5.74) is 0. The SMILES string of the molecule is C.C.C1CCOC1.[CH3][Sn]([CH3])([CH3])[c]1cc[c]([Sn]([CH3])([CH3])[CH3])s1.c1ccsc1. The second-order valence-corrected chi connectivity index (χ2v) is 40.5. The minimum Gasteiger partial charge on any atom is -0.152 e. The molecule has 1 fully saturated rings. The van der Waals surface area contributed by atoms with E-state index in [9.17, 15) is 0 Å². The molecule has 2 aromatic heterocycles. The molecule has 1 nitrogen and oxygen atoms in total. The van der Waals surface area contributed by atoms with Crippen LogP contribution in [0.15, 0.2) is 35.0 Å². The molecule has 3 heterocycles. The molecule has 1 saturated heterocycles. The summed E-state index contributed by atoms with van der Waals surface area (Å²) in [7, 11) is 0. The monoisotopic (exact) mass is 600 g/mol. The van der Waals surface area contributed by atoms with Gasteiger partial charge in [-0.25, -0.2) is 0 Å². The fourth-order valence-corrected chi connectivity index (χ4v) is 16.4. The predicted octanol–water partition coefficient (Wildman–Crippen LogP) is 6.66. The molecule has 0 amide bonds. The number of rotatable bonds is 2. The van der Waals surface area contributed by atoms with E-state index in [1.54, 1.807) is 17.1 Å². The van der Waals surface area contributed by atoms with Gasteiger partial charge in [0, 0.05) is 13.2 Å². The number of hydrogen-bond acceptors (Lipinski definition) is 3. The van der Waals surface area contributed by atoms with E-state index in [0.29, 0.717) is 0 Å². The van der Waals surface area contributed by atoms with E-state index in [1.165, 1.54) is 12.8 Å². The first-order chi connectivity index (χ1) is 10.7. The number of hydrogen-bond donors (Lipinski definition) is 0. The maximum absolute atomic E-state index is 4.94. The molecule has 0 saturated carbocycles. The Hall–Kier alpha value is 0.957. The van der Waals surface area contributed by atoms with Gasteiger partial charge in [0.1, 0.15) is 0 Å². The quantitative estimate of drug-likeness (QED) is 0.352. The van der Waals surface area contributed by atoms with E-state index in [4.69, 9.17) is 4.74 Å². The second-order valence-electron chi connectivity index (χ2n) is 7.78. The van der Waals surface area contributed by atoms with E-state index in [1.807, 2.05) is 22.9 Å². The molecular formula is C20H40OS2Sn2. The smallest absolute Gasteiger partial charge is 0.00934 e. The van der Waals surface area contributed by atoms with Crippen molar-refractivity contribution in [1.29, 1.82) is 0 Å². The zero-order chi connectivity index (χ0) is 17.3. The van der Waals surface area contributed by atoms with Gasteiger partial charge in [-0.2, -0.15) is 11.3 Å². The van der Waals surface area contributed by atoms with Crippen molar-refractivity contribution in [1.82, 2.24) is 0 Å². The van der Waals surface area contributed by atoms with Gasteiger partial charge < -0.3 is 4.74 Å². The Kier molecular flexibility index (Phi) is 15.8. The average Bonchev–Trinajstić information content (AvgIpc) is 3.22. The zero-order valence-corrected chi connectivity index (χ0v) is 22.9. The van der Waals surface area contributed by atoms with Crippen molar-refractivity contribution in [3.05, 3.63) is 35.0 Å². The predicted molar refractivity (Wildman–Crippen MR) is 128 cm³/mol. The number of thiophene rings is 2. The van der Waals surface area contributed by atoms with Gasteiger partial charge in [0.2, 0.25) is 0 Å². The van der Waals surface area contributed by atoms with E-state index in [0.717, 1.165) is 13.2 Å². The van der Waals surface area contributed by atoms with E-state index in [-0.39, 0.29) is 14.9 Å². The molecule has 0 aliphatic carbocycles. The second kappa shape index (κ2) is 14.0. The third kappa shape index (κ3) is 12.9. The average molecular weight is 598 g/mol. The van der Waals surface area contributed by atoms with Gasteiger partial charge in [-0.1, -0.05) is 27.0 Å². The molecule has 0 spiro atoms. The minimum atomic E-state index is -1.74. The minimum absolute atomic E-state index is 0. The Morgan fingerprint density at radius 1 is 0.760 bits per heavy atom. The van der Waals surface area contributed by atoms with Crippen LogP contribution in [-0.2, 0) is 4.74 Å². The van der Waals surface area contributed by atoms with Crippen LogP contribution in [0.5, 0.6) is 0 Å². The van der Waals surface area contributed by atoms with Gasteiger partial charge >= 0.3 is 95.6 Å². The van der Waals surface area contributed by atoms with Gasteiger partial charge in [-0.3, -0.25) is 0 Å². The molecule has 0 atom stereocenters. The van der Waals surface area contributed by atoms with Crippen molar-refractivity contribution in [2.75, 3.05) is 13.2 Å². The van der Waals surface area contributed by atoms with Crippen LogP contribution < -0.4 is 5.79 Å². The Morgan fingerprint density at radius 3 is 1.32 bits per heavy atom. The fraction of sp³-hybridized carbons (Fsp3) is 0.600. The van der Waals surface area contributed by atoms with Crippen LogP contribution in [0.1, 0.15) is 27.7 Å². The molecule has 1 aliphatic rings. The third-order valence-electron chi connectivity index (χ3n) is 3.34. The summed E-state index contributed by atoms with van der Waals surface area (Å²) >= 11 is 0.363. The first kappa shape index (κ1) is 28.2. The van der Waals surface area contributed by atoms with Gasteiger partial charge in [-0.15, -0.1) is 0 Å². The van der Waals surface area contributed by atoms with Gasteiger partial charge in [0.05, 0.1) is 0 Å². The summed E-state index contributed by atoms with van der Waals surface area (Å²) in [4.78, 5) is 15.0. The van der Waals surface area contributed by atoms with Crippen molar-refractivity contribution in [2.45, 2.75) is 57.3 Å². The summed E-state index contributed by atoms with van der Waals surface area (Å²) in [5, 5.41) is 4.08. The summed E-state index contributed by atoms with van der Waals surface area (Å²) in [6.45, 7) is 2.00. The van der Waals surface area contributed by atoms with E-state index in [2.05, 4.69) is 53.1 Å². The Labute approximate surface area is 174 Å². The van der Waals surface area contributed by atoms with Crippen molar-refractivity contribution >= 4 is 65.2 Å². The van der Waals surface area contributed by atoms with Crippen molar-refractivity contribution in [3.8, 4) is 0 Å². The topological polar surface area (TPSA) is 9.23 Å². The molecule has 1 aliphatic heterocycles. The molecule has 0 aromatic carbocycles. The Balaban J connectivity index is 0. The fourth-order valence-electron chi connectivity index (χ4n) is 1.88. The Morgan fingerprint density at radius 2 is 1.16 bits per heavy atom. The third-order valence-corrected chi connectivity index (χ3v) is 24.0. The van der Waals surface area contributed by atoms with Crippen LogP contribution >= 0.6 is 22.7 Å². The van der Waals surface area contributed by atoms with E-state index < -0.39 is 36.8 Å². The molecule has 5 heteroatoms. The van der Waals surface area contributed by atoms with Crippen molar-refractivity contribution in [2.24, 2.45) is 0 Å². The summed E-state index contributed by atoms with van der Waals surface area (Å²) in [5.74, 6) is 0. The molecule has 3 rings (SSSR count). The molecular weight excluding hydrogens is 558 g/mol. The standard InChI is InChI=1S/C4H8O.C4H4S.C4H2S.2CH4.6CH3.2Sn/c3*1-2-4-5-3-1;;;;;;;;;;/h1-4H2;1-4H;1-2H;2*1H4;6*1H3;;. The molecule has 0 N–H and O–H groups in total. The van der Waals surface area contributed by atoms with Crippen LogP contribution in [-0.4, -0.2) is 50.0 Å². The molecule has 25 heavy (non-hydrogen) atoms. The van der Waals surface area contributed by atoms with Crippen LogP contribution in [0, 0.1) is 0 Å². The molecule has 0 unspecified atom stereocenters. The first-order valence-electron chi connectivity index (χ1n) is 8.37. The van der Waals surface area contributed by atoms with Crippen LogP contribution in [0.2, 0.25) is 29.6 Å². The van der Waals surface area contributed by atoms with E-state index >= 15 is 0 Å². The van der Waals surface area contributed by atoms with Gasteiger partial charge in [-0.05, 0) is 23.6 Å². The molecule has 0 radical (unpaired) electrons. The first-order valence-corrected chi connectivity index (χ1v) is 30.1. The maximum Gasteiger partial charge on any atom is -0.00934 e.